The molecule has 0 aliphatic carbocycles. The van der Waals surface area contributed by atoms with E-state index in [2.05, 4.69) is 41.5 Å². The third-order valence-corrected chi connectivity index (χ3v) is 14.3. The van der Waals surface area contributed by atoms with E-state index < -0.39 is 17.1 Å². The maximum atomic E-state index is 5.50. The Kier molecular flexibility index (Phi) is 56.7. The average molecular weight is 1100 g/mol. The van der Waals surface area contributed by atoms with Gasteiger partial charge in [0, 0.05) is 0 Å². The van der Waals surface area contributed by atoms with Crippen molar-refractivity contribution in [3.05, 3.63) is 0 Å². The zero-order valence-corrected chi connectivity index (χ0v) is 45.0. The van der Waals surface area contributed by atoms with Crippen LogP contribution in [0.2, 0.25) is 0 Å². The van der Waals surface area contributed by atoms with Crippen LogP contribution in [0, 0.1) is 0 Å². The summed E-state index contributed by atoms with van der Waals surface area (Å²) in [4.78, 5) is 0. The van der Waals surface area contributed by atoms with Gasteiger partial charge in [0.25, 0.3) is 0 Å². The van der Waals surface area contributed by atoms with Crippen molar-refractivity contribution in [1.82, 2.24) is 0 Å². The minimum absolute atomic E-state index is 0. The molecule has 0 bridgehead atoms. The number of hydrogen-bond donors (Lipinski definition) is 0. The molecule has 0 atom stereocenters. The zero-order valence-electron chi connectivity index (χ0n) is 33.9. The van der Waals surface area contributed by atoms with Crippen LogP contribution >= 0.6 is 17.1 Å². The molecule has 0 aromatic carbocycles. The van der Waals surface area contributed by atoms with Gasteiger partial charge in [0.2, 0.25) is 0 Å². The van der Waals surface area contributed by atoms with Gasteiger partial charge in [0.1, 0.15) is 0 Å². The minimum Gasteiger partial charge on any atom is -0.691 e. The van der Waals surface area contributed by atoms with Gasteiger partial charge >= 0.3 is 26.2 Å². The molecule has 0 amide bonds. The number of unbranched alkanes of at least 4 members (excludes halogenated alkanes) is 18. The summed E-state index contributed by atoms with van der Waals surface area (Å²) in [5.41, 5.74) is -7.12. The molecule has 0 spiro atoms. The molecule has 2 radical (unpaired) electrons. The summed E-state index contributed by atoms with van der Waals surface area (Å²) in [6, 6.07) is 0. The molecule has 0 aliphatic heterocycles. The Balaban J connectivity index is -0.000000329. The Morgan fingerprint density at radius 1 is 0.288 bits per heavy atom. The minimum atomic E-state index is -2.37. The molecule has 0 aliphatic rings. The maximum Gasteiger partial charge on any atom is 3.00 e. The first-order valence-corrected chi connectivity index (χ1v) is 31.1. The second kappa shape index (κ2) is 47.3. The summed E-state index contributed by atoms with van der Waals surface area (Å²) < 4.78 is 33.0. The summed E-state index contributed by atoms with van der Waals surface area (Å²) >= 11 is 31.1. The van der Waals surface area contributed by atoms with E-state index in [9.17, 15) is 0 Å². The summed E-state index contributed by atoms with van der Waals surface area (Å²) in [6.07, 6.45) is 28.3. The smallest absolute Gasteiger partial charge is 0.691 e. The summed E-state index contributed by atoms with van der Waals surface area (Å²) in [7, 11) is 0. The van der Waals surface area contributed by atoms with Crippen molar-refractivity contribution in [2.75, 3.05) is 39.6 Å². The summed E-state index contributed by atoms with van der Waals surface area (Å²) in [5.74, 6) is 0. The van der Waals surface area contributed by atoms with Crippen LogP contribution in [0.3, 0.4) is 0 Å². The zero-order chi connectivity index (χ0) is 39.0. The molecular formula is C36H78BiO6P3S6. The van der Waals surface area contributed by atoms with Crippen molar-refractivity contribution in [2.45, 2.75) is 196 Å². The van der Waals surface area contributed by atoms with Gasteiger partial charge in [-0.15, -0.1) is 0 Å². The van der Waals surface area contributed by atoms with Gasteiger partial charge in [-0.3, -0.25) is 0 Å². The van der Waals surface area contributed by atoms with Crippen molar-refractivity contribution >= 4 is 115 Å². The van der Waals surface area contributed by atoms with Crippen LogP contribution in [-0.4, -0.2) is 65.8 Å². The van der Waals surface area contributed by atoms with Crippen molar-refractivity contribution in [3.63, 3.8) is 0 Å². The molecule has 52 heavy (non-hydrogen) atoms. The Morgan fingerprint density at radius 3 is 0.538 bits per heavy atom. The molecule has 0 aromatic heterocycles. The summed E-state index contributed by atoms with van der Waals surface area (Å²) in [5, 5.41) is 0. The first-order chi connectivity index (χ1) is 24.4. The van der Waals surface area contributed by atoms with Gasteiger partial charge < -0.3 is 63.9 Å². The molecule has 16 heteroatoms. The van der Waals surface area contributed by atoms with Gasteiger partial charge in [0.05, 0.1) is 56.7 Å². The fourth-order valence-corrected chi connectivity index (χ4v) is 9.37. The molecule has 0 unspecified atom stereocenters. The van der Waals surface area contributed by atoms with Crippen molar-refractivity contribution in [1.29, 1.82) is 0 Å². The van der Waals surface area contributed by atoms with Gasteiger partial charge in [-0.25, -0.2) is 0 Å². The van der Waals surface area contributed by atoms with Crippen LogP contribution < -0.4 is 0 Å². The fraction of sp³-hybridized carbons (Fsp3) is 1.00. The topological polar surface area (TPSA) is 55.4 Å². The van der Waals surface area contributed by atoms with Crippen LogP contribution in [-0.2, 0) is 99.3 Å². The van der Waals surface area contributed by atoms with Crippen LogP contribution in [0.5, 0.6) is 0 Å². The second-order valence-electron chi connectivity index (χ2n) is 12.7. The molecule has 0 saturated heterocycles. The molecule has 0 aromatic rings. The second-order valence-corrected chi connectivity index (χ2v) is 27.7. The molecule has 0 saturated carbocycles. The Bertz CT molecular complexity index is 696. The van der Waals surface area contributed by atoms with Gasteiger partial charge in [0.15, 0.2) is 0 Å². The third kappa shape index (κ3) is 55.7. The van der Waals surface area contributed by atoms with E-state index in [0.29, 0.717) is 39.6 Å². The van der Waals surface area contributed by atoms with Crippen LogP contribution in [0.1, 0.15) is 196 Å². The predicted molar refractivity (Wildman–Crippen MR) is 251 cm³/mol. The van der Waals surface area contributed by atoms with E-state index in [1.807, 2.05) is 0 Å². The quantitative estimate of drug-likeness (QED) is 0.0260. The SMILES string of the molecule is CCCCCCOP(=S)([S-])OCCCCCC.CCCCCCOP(=S)([S-])OCCCCCC.CCCCCCOP(=S)([S-])OCCCCCC.[Bi+3]. The van der Waals surface area contributed by atoms with Crippen molar-refractivity contribution in [2.24, 2.45) is 0 Å². The Morgan fingerprint density at radius 2 is 0.423 bits per heavy atom. The molecule has 6 nitrogen and oxygen atoms in total. The van der Waals surface area contributed by atoms with Crippen LogP contribution in [0.15, 0.2) is 0 Å². The standard InChI is InChI=1S/3C12H27O2PS2.Bi/c3*1-3-5-7-9-11-13-15(16,17)14-12-10-8-6-4-2;/h3*3-12H2,1-2H3,(H,16,17);/q;;;+3/p-3. The average Bonchev–Trinajstić information content (AvgIpc) is 3.08. The van der Waals surface area contributed by atoms with E-state index in [-0.39, 0.29) is 26.2 Å². The molecule has 0 fully saturated rings. The Hall–Kier alpha value is 3.64. The molecule has 0 rings (SSSR count). The molecular weight excluding hydrogens is 1020 g/mol. The van der Waals surface area contributed by atoms with E-state index >= 15 is 0 Å². The van der Waals surface area contributed by atoms with Gasteiger partial charge in [-0.1, -0.05) is 193 Å². The first-order valence-electron chi connectivity index (χ1n) is 20.2. The normalized spacial score (nSPS) is 11.7. The van der Waals surface area contributed by atoms with Crippen LogP contribution in [0.25, 0.3) is 0 Å². The van der Waals surface area contributed by atoms with Crippen LogP contribution in [0.4, 0.5) is 0 Å². The van der Waals surface area contributed by atoms with Gasteiger partial charge in [-0.05, 0) is 38.5 Å². The maximum absolute atomic E-state index is 5.50. The van der Waals surface area contributed by atoms with Crippen molar-refractivity contribution in [3.8, 4) is 0 Å². The van der Waals surface area contributed by atoms with Crippen molar-refractivity contribution < 1.29 is 27.1 Å². The number of hydrogen-bond acceptors (Lipinski definition) is 12. The fourth-order valence-electron chi connectivity index (χ4n) is 4.34. The number of rotatable bonds is 36. The summed E-state index contributed by atoms with van der Waals surface area (Å²) in [6.45, 7) is 17.1. The largest absolute Gasteiger partial charge is 3.00 e. The van der Waals surface area contributed by atoms with E-state index in [0.717, 1.165) is 38.5 Å². The van der Waals surface area contributed by atoms with Gasteiger partial charge in [-0.2, -0.15) is 0 Å². The van der Waals surface area contributed by atoms with E-state index in [1.54, 1.807) is 0 Å². The van der Waals surface area contributed by atoms with E-state index in [4.69, 9.17) is 99.3 Å². The monoisotopic (exact) mass is 1100 g/mol. The van der Waals surface area contributed by atoms with E-state index in [1.165, 1.54) is 116 Å². The molecule has 0 heterocycles. The third-order valence-electron chi connectivity index (χ3n) is 7.48. The Labute approximate surface area is 374 Å². The predicted octanol–water partition coefficient (Wildman–Crippen LogP) is 14.5. The molecule has 314 valence electrons. The first kappa shape index (κ1) is 62.3. The molecule has 0 N–H and O–H groups in total.